The number of para-hydroxylation sites is 4. The molecule has 0 aliphatic carbocycles. The maximum absolute atomic E-state index is 5.55. The Morgan fingerprint density at radius 1 is 0.579 bits per heavy atom. The normalized spacial score (nSPS) is 22.1. The molecule has 5 heterocycles. The molecule has 57 heavy (non-hydrogen) atoms. The van der Waals surface area contributed by atoms with Crippen molar-refractivity contribution < 1.29 is 0 Å². The number of fused-ring (bicyclic) bond motifs is 6. The summed E-state index contributed by atoms with van der Waals surface area (Å²) in [4.78, 5) is 31.8. The van der Waals surface area contributed by atoms with E-state index < -0.39 is 10.8 Å². The Hall–Kier alpha value is -6.02. The Labute approximate surface area is 337 Å². The Balaban J connectivity index is 1.47. The average Bonchev–Trinajstić information content (AvgIpc) is 3.77. The quantitative estimate of drug-likeness (QED) is 0.135. The molecule has 6 aromatic rings. The van der Waals surface area contributed by atoms with Gasteiger partial charge in [0.25, 0.3) is 0 Å². The van der Waals surface area contributed by atoms with Crippen LogP contribution in [0.3, 0.4) is 0 Å². The summed E-state index contributed by atoms with van der Waals surface area (Å²) in [6.45, 7) is 20.5. The third kappa shape index (κ3) is 5.12. The van der Waals surface area contributed by atoms with E-state index in [4.69, 9.17) is 26.5 Å². The molecule has 3 aliphatic rings. The number of allylic oxidation sites excluding steroid dienone is 1. The number of rotatable bonds is 9. The third-order valence-electron chi connectivity index (χ3n) is 12.9. The molecule has 0 spiro atoms. The lowest BCUT2D eigenvalue weighted by molar-refractivity contribution is 0.0670. The molecule has 0 saturated carbocycles. The van der Waals surface area contributed by atoms with Gasteiger partial charge in [-0.3, -0.25) is 0 Å². The second-order valence-corrected chi connectivity index (χ2v) is 16.3. The maximum atomic E-state index is 5.55. The van der Waals surface area contributed by atoms with Gasteiger partial charge in [0.05, 0.1) is 29.2 Å². The Bertz CT molecular complexity index is 2450. The zero-order chi connectivity index (χ0) is 39.6. The number of anilines is 8. The molecule has 4 unspecified atom stereocenters. The fourth-order valence-corrected chi connectivity index (χ4v) is 10.2. The first kappa shape index (κ1) is 36.6. The van der Waals surface area contributed by atoms with Crippen LogP contribution in [0.15, 0.2) is 134 Å². The number of aromatic nitrogens is 4. The number of nitrogens with zero attached hydrogens (tertiary/aromatic N) is 8. The molecule has 9 rings (SSSR count). The summed E-state index contributed by atoms with van der Waals surface area (Å²) >= 11 is 0. The molecule has 0 radical (unpaired) electrons. The number of benzene rings is 4. The monoisotopic (exact) mass is 752 g/mol. The highest BCUT2D eigenvalue weighted by Gasteiger charge is 2.71. The second-order valence-electron chi connectivity index (χ2n) is 16.3. The van der Waals surface area contributed by atoms with Gasteiger partial charge in [-0.15, -0.1) is 6.58 Å². The standard InChI is InChI=1S/C49H52N8/c1-9-48(10-2)37-27-19-21-29-41(37)57-45-42(50-30-39(53-45)33(6)7)54(35-23-14-12-15-24-35)46(57)49(48,11-3)47-55(36-25-16-13-17-26-36)44-43(51-31-38(52-44)32(4)5)56(47)40-28-20-18-22-34(40)8/h9,12-33,46-47H,1,10-11H2,2-8H3. The van der Waals surface area contributed by atoms with Crippen LogP contribution in [0.5, 0.6) is 0 Å². The van der Waals surface area contributed by atoms with E-state index in [0.717, 1.165) is 75.8 Å². The minimum Gasteiger partial charge on any atom is -0.301 e. The van der Waals surface area contributed by atoms with Crippen LogP contribution in [-0.4, -0.2) is 32.3 Å². The van der Waals surface area contributed by atoms with Gasteiger partial charge in [0, 0.05) is 28.2 Å². The zero-order valence-corrected chi connectivity index (χ0v) is 34.1. The molecule has 0 bridgehead atoms. The maximum Gasteiger partial charge on any atom is 0.178 e. The fourth-order valence-electron chi connectivity index (χ4n) is 10.2. The smallest absolute Gasteiger partial charge is 0.178 e. The number of hydrogen-bond donors (Lipinski definition) is 0. The molecular weight excluding hydrogens is 701 g/mol. The Kier molecular flexibility index (Phi) is 8.91. The van der Waals surface area contributed by atoms with Crippen LogP contribution in [0.2, 0.25) is 0 Å². The highest BCUT2D eigenvalue weighted by molar-refractivity contribution is 5.90. The fraction of sp³-hybridized carbons (Fsp3) is 0.306. The predicted octanol–water partition coefficient (Wildman–Crippen LogP) is 12.0. The second kappa shape index (κ2) is 13.9. The van der Waals surface area contributed by atoms with Gasteiger partial charge in [-0.2, -0.15) is 0 Å². The van der Waals surface area contributed by atoms with Crippen molar-refractivity contribution in [2.24, 2.45) is 5.41 Å². The predicted molar refractivity (Wildman–Crippen MR) is 234 cm³/mol. The molecule has 8 nitrogen and oxygen atoms in total. The number of hydrogen-bond acceptors (Lipinski definition) is 8. The summed E-state index contributed by atoms with van der Waals surface area (Å²) in [7, 11) is 0. The van der Waals surface area contributed by atoms with Gasteiger partial charge in [-0.1, -0.05) is 120 Å². The minimum atomic E-state index is -0.674. The van der Waals surface area contributed by atoms with Crippen LogP contribution in [0, 0.1) is 12.3 Å². The largest absolute Gasteiger partial charge is 0.301 e. The summed E-state index contributed by atoms with van der Waals surface area (Å²) < 4.78 is 0. The van der Waals surface area contributed by atoms with E-state index >= 15 is 0 Å². The SMILES string of the molecule is C=CC1(CC)c2ccccc2N2c3nc(C(C)C)cnc3N(c3ccccc3)C2C1(CC)C1N(c2ccccc2)c2nc(C(C)C)cnc2N1c1ccccc1C. The number of aryl methyl sites for hydroxylation is 1. The molecule has 2 aromatic heterocycles. The average molecular weight is 753 g/mol. The molecular formula is C49H52N8. The van der Waals surface area contributed by atoms with Crippen molar-refractivity contribution in [1.82, 2.24) is 19.9 Å². The highest BCUT2D eigenvalue weighted by Crippen LogP contribution is 2.69. The summed E-state index contributed by atoms with van der Waals surface area (Å²) in [6.07, 6.45) is 7.12. The molecule has 0 amide bonds. The summed E-state index contributed by atoms with van der Waals surface area (Å²) in [6, 6.07) is 39.2. The van der Waals surface area contributed by atoms with Crippen molar-refractivity contribution in [2.75, 3.05) is 19.6 Å². The van der Waals surface area contributed by atoms with E-state index in [1.807, 2.05) is 12.4 Å². The topological polar surface area (TPSA) is 64.5 Å². The first-order chi connectivity index (χ1) is 27.7. The van der Waals surface area contributed by atoms with E-state index in [1.54, 1.807) is 0 Å². The third-order valence-corrected chi connectivity index (χ3v) is 12.9. The Morgan fingerprint density at radius 2 is 1.04 bits per heavy atom. The first-order valence-corrected chi connectivity index (χ1v) is 20.5. The zero-order valence-electron chi connectivity index (χ0n) is 34.1. The van der Waals surface area contributed by atoms with Crippen molar-refractivity contribution in [3.8, 4) is 0 Å². The van der Waals surface area contributed by atoms with E-state index in [0.29, 0.717) is 0 Å². The molecule has 4 atom stereocenters. The first-order valence-electron chi connectivity index (χ1n) is 20.5. The van der Waals surface area contributed by atoms with Gasteiger partial charge in [0.2, 0.25) is 0 Å². The minimum absolute atomic E-state index is 0.191. The lowest BCUT2D eigenvalue weighted by Gasteiger charge is -2.64. The van der Waals surface area contributed by atoms with Gasteiger partial charge in [-0.25, -0.2) is 19.9 Å². The van der Waals surface area contributed by atoms with Gasteiger partial charge in [-0.05, 0) is 79.1 Å². The molecule has 0 fully saturated rings. The van der Waals surface area contributed by atoms with Gasteiger partial charge >= 0.3 is 0 Å². The van der Waals surface area contributed by atoms with Gasteiger partial charge < -0.3 is 19.6 Å². The molecule has 288 valence electrons. The molecule has 0 N–H and O–H groups in total. The molecule has 0 saturated heterocycles. The molecule has 8 heteroatoms. The summed E-state index contributed by atoms with van der Waals surface area (Å²) in [5, 5.41) is 0. The Morgan fingerprint density at radius 3 is 1.54 bits per heavy atom. The van der Waals surface area contributed by atoms with Crippen molar-refractivity contribution >= 4 is 46.0 Å². The van der Waals surface area contributed by atoms with Crippen LogP contribution >= 0.6 is 0 Å². The van der Waals surface area contributed by atoms with Crippen LogP contribution < -0.4 is 19.6 Å². The van der Waals surface area contributed by atoms with Crippen molar-refractivity contribution in [2.45, 2.75) is 90.9 Å². The molecule has 3 aliphatic heterocycles. The summed E-state index contributed by atoms with van der Waals surface area (Å²) in [5.41, 5.74) is 7.42. The van der Waals surface area contributed by atoms with Crippen LogP contribution in [0.4, 0.5) is 46.0 Å². The molecule has 4 aromatic carbocycles. The van der Waals surface area contributed by atoms with Gasteiger partial charge in [0.1, 0.15) is 12.3 Å². The highest BCUT2D eigenvalue weighted by atomic mass is 15.5. The summed E-state index contributed by atoms with van der Waals surface area (Å²) in [5.74, 6) is 3.81. The van der Waals surface area contributed by atoms with Crippen LogP contribution in [0.25, 0.3) is 0 Å². The van der Waals surface area contributed by atoms with E-state index in [-0.39, 0.29) is 24.2 Å². The van der Waals surface area contributed by atoms with Crippen LogP contribution in [-0.2, 0) is 5.41 Å². The van der Waals surface area contributed by atoms with Crippen molar-refractivity contribution in [3.63, 3.8) is 0 Å². The van der Waals surface area contributed by atoms with E-state index in [2.05, 4.69) is 183 Å². The van der Waals surface area contributed by atoms with Crippen molar-refractivity contribution in [3.05, 3.63) is 157 Å². The van der Waals surface area contributed by atoms with Crippen LogP contribution in [0.1, 0.15) is 88.7 Å². The van der Waals surface area contributed by atoms with Crippen molar-refractivity contribution in [1.29, 1.82) is 0 Å². The lowest BCUT2D eigenvalue weighted by atomic mass is 9.51. The lowest BCUT2D eigenvalue weighted by Crippen LogP contribution is -2.72. The van der Waals surface area contributed by atoms with Gasteiger partial charge in [0.15, 0.2) is 23.3 Å². The van der Waals surface area contributed by atoms with E-state index in [9.17, 15) is 0 Å². The van der Waals surface area contributed by atoms with E-state index in [1.165, 1.54) is 5.56 Å².